The molecule has 0 aliphatic rings. The molecule has 0 fully saturated rings. The van der Waals surface area contributed by atoms with E-state index in [-0.39, 0.29) is 11.7 Å². The quantitative estimate of drug-likeness (QED) is 0.586. The van der Waals surface area contributed by atoms with Crippen molar-refractivity contribution in [3.05, 3.63) is 41.3 Å². The first kappa shape index (κ1) is 18.9. The molecule has 2 amide bonds. The number of primary amides is 1. The number of nitrogens with zero attached hydrogens (tertiary/aromatic N) is 3. The molecular formula is C17H17N5O3S2. The van der Waals surface area contributed by atoms with Crippen LogP contribution < -0.4 is 15.8 Å². The number of thiophene rings is 1. The minimum atomic E-state index is -0.575. The van der Waals surface area contributed by atoms with Crippen LogP contribution in [0.15, 0.2) is 40.9 Å². The summed E-state index contributed by atoms with van der Waals surface area (Å²) in [6, 6.07) is 9.10. The molecule has 140 valence electrons. The molecule has 0 atom stereocenters. The molecule has 10 heteroatoms. The van der Waals surface area contributed by atoms with Gasteiger partial charge >= 0.3 is 0 Å². The third-order valence-electron chi connectivity index (χ3n) is 3.70. The molecule has 0 spiro atoms. The molecule has 2 heterocycles. The van der Waals surface area contributed by atoms with E-state index in [4.69, 9.17) is 10.5 Å². The number of carbonyl (C=O) groups excluding carboxylic acids is 2. The van der Waals surface area contributed by atoms with Gasteiger partial charge in [-0.1, -0.05) is 23.9 Å². The summed E-state index contributed by atoms with van der Waals surface area (Å²) < 4.78 is 7.16. The highest BCUT2D eigenvalue weighted by Gasteiger charge is 2.17. The lowest BCUT2D eigenvalue weighted by molar-refractivity contribution is -0.113. The fourth-order valence-electron chi connectivity index (χ4n) is 2.40. The van der Waals surface area contributed by atoms with Crippen molar-refractivity contribution in [1.82, 2.24) is 14.8 Å². The molecule has 0 aliphatic carbocycles. The molecule has 1 aromatic carbocycles. The smallest absolute Gasteiger partial charge is 0.251 e. The average molecular weight is 403 g/mol. The molecular weight excluding hydrogens is 386 g/mol. The highest BCUT2D eigenvalue weighted by Crippen LogP contribution is 2.30. The maximum Gasteiger partial charge on any atom is 0.251 e. The molecule has 0 unspecified atom stereocenters. The minimum Gasteiger partial charge on any atom is -0.496 e. The molecule has 8 nitrogen and oxygen atoms in total. The summed E-state index contributed by atoms with van der Waals surface area (Å²) in [4.78, 5) is 23.5. The van der Waals surface area contributed by atoms with Crippen LogP contribution in [0, 0.1) is 0 Å². The number of hydrogen-bond acceptors (Lipinski definition) is 7. The van der Waals surface area contributed by atoms with Crippen LogP contribution in [0.1, 0.15) is 10.4 Å². The van der Waals surface area contributed by atoms with E-state index in [0.29, 0.717) is 27.3 Å². The fraction of sp³-hybridized carbons (Fsp3) is 0.176. The average Bonchev–Trinajstić information content (AvgIpc) is 3.26. The van der Waals surface area contributed by atoms with Crippen molar-refractivity contribution in [2.45, 2.75) is 5.16 Å². The van der Waals surface area contributed by atoms with Crippen LogP contribution >= 0.6 is 23.1 Å². The van der Waals surface area contributed by atoms with E-state index in [1.165, 1.54) is 23.1 Å². The minimum absolute atomic E-state index is 0.119. The Labute approximate surface area is 163 Å². The zero-order valence-corrected chi connectivity index (χ0v) is 16.3. The number of para-hydroxylation sites is 1. The van der Waals surface area contributed by atoms with Crippen molar-refractivity contribution in [3.8, 4) is 17.1 Å². The maximum absolute atomic E-state index is 12.2. The zero-order valence-electron chi connectivity index (χ0n) is 14.6. The van der Waals surface area contributed by atoms with Crippen molar-refractivity contribution in [3.63, 3.8) is 0 Å². The van der Waals surface area contributed by atoms with Crippen LogP contribution in [-0.2, 0) is 11.8 Å². The fourth-order valence-corrected chi connectivity index (χ4v) is 3.92. The van der Waals surface area contributed by atoms with Gasteiger partial charge in [0.15, 0.2) is 11.0 Å². The van der Waals surface area contributed by atoms with Crippen LogP contribution in [0.5, 0.6) is 5.75 Å². The highest BCUT2D eigenvalue weighted by molar-refractivity contribution is 7.99. The first-order valence-electron chi connectivity index (χ1n) is 7.84. The van der Waals surface area contributed by atoms with E-state index in [9.17, 15) is 9.59 Å². The van der Waals surface area contributed by atoms with Gasteiger partial charge in [-0.25, -0.2) is 0 Å². The van der Waals surface area contributed by atoms with E-state index >= 15 is 0 Å². The lowest BCUT2D eigenvalue weighted by atomic mass is 10.2. The number of ether oxygens (including phenoxy) is 1. The molecule has 2 aromatic heterocycles. The van der Waals surface area contributed by atoms with E-state index < -0.39 is 5.91 Å². The molecule has 3 aromatic rings. The molecule has 27 heavy (non-hydrogen) atoms. The van der Waals surface area contributed by atoms with Crippen LogP contribution in [0.25, 0.3) is 11.4 Å². The van der Waals surface area contributed by atoms with Gasteiger partial charge in [-0.2, -0.15) is 0 Å². The molecule has 0 saturated heterocycles. The number of methoxy groups -OCH3 is 1. The summed E-state index contributed by atoms with van der Waals surface area (Å²) in [5.74, 6) is 0.623. The summed E-state index contributed by atoms with van der Waals surface area (Å²) in [5.41, 5.74) is 6.40. The topological polar surface area (TPSA) is 112 Å². The molecule has 3 rings (SSSR count). The van der Waals surface area contributed by atoms with Crippen molar-refractivity contribution < 1.29 is 14.3 Å². The summed E-state index contributed by atoms with van der Waals surface area (Å²) in [5, 5.41) is 13.8. The van der Waals surface area contributed by atoms with Crippen LogP contribution in [0.2, 0.25) is 0 Å². The Kier molecular flexibility index (Phi) is 5.77. The van der Waals surface area contributed by atoms with Gasteiger partial charge in [0, 0.05) is 7.05 Å². The second-order valence-electron chi connectivity index (χ2n) is 5.43. The number of nitrogens with two attached hydrogens (primary N) is 1. The molecule has 0 aliphatic heterocycles. The van der Waals surface area contributed by atoms with Gasteiger partial charge in [-0.05, 0) is 23.6 Å². The monoisotopic (exact) mass is 403 g/mol. The van der Waals surface area contributed by atoms with E-state index in [1.807, 2.05) is 31.3 Å². The summed E-state index contributed by atoms with van der Waals surface area (Å²) in [6.07, 6.45) is 0. The molecule has 3 N–H and O–H groups in total. The lowest BCUT2D eigenvalue weighted by Crippen LogP contribution is -2.18. The van der Waals surface area contributed by atoms with Crippen LogP contribution in [-0.4, -0.2) is 39.4 Å². The summed E-state index contributed by atoms with van der Waals surface area (Å²) >= 11 is 2.49. The predicted molar refractivity (Wildman–Crippen MR) is 105 cm³/mol. The Bertz CT molecular complexity index is 983. The van der Waals surface area contributed by atoms with Crippen LogP contribution in [0.4, 0.5) is 5.00 Å². The first-order valence-corrected chi connectivity index (χ1v) is 9.70. The Balaban J connectivity index is 1.69. The van der Waals surface area contributed by atoms with Gasteiger partial charge in [-0.3, -0.25) is 9.59 Å². The zero-order chi connectivity index (χ0) is 19.4. The van der Waals surface area contributed by atoms with Crippen LogP contribution in [0.3, 0.4) is 0 Å². The van der Waals surface area contributed by atoms with E-state index in [1.54, 1.807) is 23.1 Å². The second-order valence-corrected chi connectivity index (χ2v) is 7.29. The Hall–Kier alpha value is -2.85. The lowest BCUT2D eigenvalue weighted by Gasteiger charge is -2.08. The number of benzene rings is 1. The van der Waals surface area contributed by atoms with E-state index in [2.05, 4.69) is 15.5 Å². The van der Waals surface area contributed by atoms with E-state index in [0.717, 1.165) is 5.56 Å². The molecule has 0 radical (unpaired) electrons. The predicted octanol–water partition coefficient (Wildman–Crippen LogP) is 2.38. The number of hydrogen-bond donors (Lipinski definition) is 2. The molecule has 0 saturated carbocycles. The Morgan fingerprint density at radius 2 is 2.07 bits per heavy atom. The maximum atomic E-state index is 12.2. The van der Waals surface area contributed by atoms with Gasteiger partial charge in [0.05, 0.1) is 24.0 Å². The van der Waals surface area contributed by atoms with Crippen molar-refractivity contribution in [2.24, 2.45) is 12.8 Å². The second kappa shape index (κ2) is 8.23. The SMILES string of the molecule is COc1ccccc1-c1nnc(SCC(=O)Nc2sccc2C(N)=O)n1C. The van der Waals surface area contributed by atoms with Crippen molar-refractivity contribution >= 4 is 39.9 Å². The van der Waals surface area contributed by atoms with Gasteiger partial charge in [0.25, 0.3) is 5.91 Å². The number of aromatic nitrogens is 3. The number of amides is 2. The van der Waals surface area contributed by atoms with Crippen molar-refractivity contribution in [1.29, 1.82) is 0 Å². The van der Waals surface area contributed by atoms with Gasteiger partial charge in [-0.15, -0.1) is 21.5 Å². The number of carbonyl (C=O) groups is 2. The van der Waals surface area contributed by atoms with Gasteiger partial charge in [0.1, 0.15) is 10.8 Å². The van der Waals surface area contributed by atoms with Crippen molar-refractivity contribution in [2.75, 3.05) is 18.2 Å². The number of anilines is 1. The third-order valence-corrected chi connectivity index (χ3v) is 5.55. The number of thioether (sulfide) groups is 1. The third kappa shape index (κ3) is 4.12. The molecule has 0 bridgehead atoms. The largest absolute Gasteiger partial charge is 0.496 e. The first-order chi connectivity index (χ1) is 13.0. The van der Waals surface area contributed by atoms with Gasteiger partial charge in [0.2, 0.25) is 5.91 Å². The standard InChI is InChI=1S/C17H17N5O3S2/c1-22-15(10-5-3-4-6-12(10)25-2)20-21-17(22)27-9-13(23)19-16-11(14(18)24)7-8-26-16/h3-8H,9H2,1-2H3,(H2,18,24)(H,19,23). The Morgan fingerprint density at radius 3 is 2.81 bits per heavy atom. The normalized spacial score (nSPS) is 10.6. The number of nitrogens with one attached hydrogen (secondary N) is 1. The summed E-state index contributed by atoms with van der Waals surface area (Å²) in [6.45, 7) is 0. The Morgan fingerprint density at radius 1 is 1.30 bits per heavy atom. The van der Waals surface area contributed by atoms with Gasteiger partial charge < -0.3 is 20.4 Å². The summed E-state index contributed by atoms with van der Waals surface area (Å²) in [7, 11) is 3.42. The number of rotatable bonds is 7. The highest BCUT2D eigenvalue weighted by atomic mass is 32.2.